The zero-order chi connectivity index (χ0) is 14.4. The maximum absolute atomic E-state index is 11.7. The summed E-state index contributed by atoms with van der Waals surface area (Å²) in [6, 6.07) is 9.70. The van der Waals surface area contributed by atoms with E-state index in [4.69, 9.17) is 4.74 Å². The van der Waals surface area contributed by atoms with Crippen LogP contribution in [0.2, 0.25) is 0 Å². The van der Waals surface area contributed by atoms with Crippen molar-refractivity contribution < 1.29 is 14.6 Å². The van der Waals surface area contributed by atoms with E-state index in [0.29, 0.717) is 13.2 Å². The first kappa shape index (κ1) is 15.0. The van der Waals surface area contributed by atoms with E-state index in [1.54, 1.807) is 0 Å². The van der Waals surface area contributed by atoms with E-state index in [1.165, 1.54) is 0 Å². The van der Waals surface area contributed by atoms with Crippen LogP contribution in [0.4, 0.5) is 0 Å². The SMILES string of the molecule is CCOC(=O)C1CCN(C[C@H](O)c2ccccc2)CC1. The molecule has 0 saturated carbocycles. The number of aliphatic hydroxyl groups is 1. The first-order valence-corrected chi connectivity index (χ1v) is 7.32. The lowest BCUT2D eigenvalue weighted by Crippen LogP contribution is -2.39. The van der Waals surface area contributed by atoms with E-state index in [-0.39, 0.29) is 11.9 Å². The molecule has 20 heavy (non-hydrogen) atoms. The Labute approximate surface area is 120 Å². The summed E-state index contributed by atoms with van der Waals surface area (Å²) in [6.07, 6.45) is 1.18. The fourth-order valence-electron chi connectivity index (χ4n) is 2.64. The van der Waals surface area contributed by atoms with Crippen LogP contribution in [0.3, 0.4) is 0 Å². The molecule has 0 amide bonds. The van der Waals surface area contributed by atoms with Crippen molar-refractivity contribution in [1.29, 1.82) is 0 Å². The van der Waals surface area contributed by atoms with Gasteiger partial charge in [0.2, 0.25) is 0 Å². The number of hydrogen-bond donors (Lipinski definition) is 1. The highest BCUT2D eigenvalue weighted by Gasteiger charge is 2.26. The average molecular weight is 277 g/mol. The van der Waals surface area contributed by atoms with Crippen molar-refractivity contribution in [3.05, 3.63) is 35.9 Å². The number of rotatable bonds is 5. The zero-order valence-corrected chi connectivity index (χ0v) is 12.0. The van der Waals surface area contributed by atoms with Crippen molar-refractivity contribution in [2.24, 2.45) is 5.92 Å². The minimum atomic E-state index is -0.463. The van der Waals surface area contributed by atoms with Crippen LogP contribution < -0.4 is 0 Å². The maximum atomic E-state index is 11.7. The van der Waals surface area contributed by atoms with E-state index in [1.807, 2.05) is 37.3 Å². The minimum Gasteiger partial charge on any atom is -0.466 e. The van der Waals surface area contributed by atoms with Gasteiger partial charge in [-0.05, 0) is 38.4 Å². The molecule has 4 heteroatoms. The van der Waals surface area contributed by atoms with Gasteiger partial charge in [-0.2, -0.15) is 0 Å². The molecule has 1 atom stereocenters. The molecule has 1 saturated heterocycles. The molecule has 1 aliphatic heterocycles. The van der Waals surface area contributed by atoms with Crippen LogP contribution in [0.1, 0.15) is 31.4 Å². The molecule has 0 unspecified atom stereocenters. The maximum Gasteiger partial charge on any atom is 0.309 e. The first-order valence-electron chi connectivity index (χ1n) is 7.32. The van der Waals surface area contributed by atoms with Gasteiger partial charge in [0.15, 0.2) is 0 Å². The molecule has 1 fully saturated rings. The standard InChI is InChI=1S/C16H23NO3/c1-2-20-16(19)14-8-10-17(11-9-14)12-15(18)13-6-4-3-5-7-13/h3-7,14-15,18H,2,8-12H2,1H3/t15-/m0/s1. The lowest BCUT2D eigenvalue weighted by atomic mass is 9.96. The second kappa shape index (κ2) is 7.41. The van der Waals surface area contributed by atoms with Gasteiger partial charge in [-0.1, -0.05) is 30.3 Å². The summed E-state index contributed by atoms with van der Waals surface area (Å²) in [4.78, 5) is 13.9. The van der Waals surface area contributed by atoms with Crippen molar-refractivity contribution in [3.63, 3.8) is 0 Å². The molecule has 4 nitrogen and oxygen atoms in total. The smallest absolute Gasteiger partial charge is 0.309 e. The molecule has 1 aliphatic rings. The number of nitrogens with zero attached hydrogens (tertiary/aromatic N) is 1. The number of ether oxygens (including phenoxy) is 1. The second-order valence-corrected chi connectivity index (χ2v) is 5.25. The van der Waals surface area contributed by atoms with Crippen LogP contribution in [0.5, 0.6) is 0 Å². The van der Waals surface area contributed by atoms with Gasteiger partial charge >= 0.3 is 5.97 Å². The lowest BCUT2D eigenvalue weighted by molar-refractivity contribution is -0.149. The van der Waals surface area contributed by atoms with Crippen LogP contribution in [0.15, 0.2) is 30.3 Å². The Kier molecular flexibility index (Phi) is 5.56. The number of hydrogen-bond acceptors (Lipinski definition) is 4. The lowest BCUT2D eigenvalue weighted by Gasteiger charge is -2.32. The number of carbonyl (C=O) groups is 1. The number of piperidine rings is 1. The summed E-state index contributed by atoms with van der Waals surface area (Å²) in [6.45, 7) is 4.59. The van der Waals surface area contributed by atoms with Crippen molar-refractivity contribution in [2.45, 2.75) is 25.9 Å². The van der Waals surface area contributed by atoms with Gasteiger partial charge in [-0.25, -0.2) is 0 Å². The summed E-state index contributed by atoms with van der Waals surface area (Å²) < 4.78 is 5.06. The monoisotopic (exact) mass is 277 g/mol. The van der Waals surface area contributed by atoms with E-state index < -0.39 is 6.10 Å². The normalized spacial score (nSPS) is 18.7. The van der Waals surface area contributed by atoms with E-state index in [2.05, 4.69) is 4.90 Å². The Morgan fingerprint density at radius 3 is 2.60 bits per heavy atom. The molecule has 110 valence electrons. The quantitative estimate of drug-likeness (QED) is 0.836. The molecule has 1 aromatic carbocycles. The van der Waals surface area contributed by atoms with Crippen molar-refractivity contribution >= 4 is 5.97 Å². The van der Waals surface area contributed by atoms with Crippen LogP contribution in [0.25, 0.3) is 0 Å². The molecule has 1 heterocycles. The van der Waals surface area contributed by atoms with Gasteiger partial charge in [-0.3, -0.25) is 4.79 Å². The molecule has 2 rings (SSSR count). The summed E-state index contributed by atoms with van der Waals surface area (Å²) >= 11 is 0. The fraction of sp³-hybridized carbons (Fsp3) is 0.562. The number of carbonyl (C=O) groups excluding carboxylic acids is 1. The Hall–Kier alpha value is -1.39. The number of benzene rings is 1. The third-order valence-electron chi connectivity index (χ3n) is 3.82. The molecular weight excluding hydrogens is 254 g/mol. The van der Waals surface area contributed by atoms with Crippen LogP contribution in [-0.4, -0.2) is 42.2 Å². The largest absolute Gasteiger partial charge is 0.466 e. The average Bonchev–Trinajstić information content (AvgIpc) is 2.49. The fourth-order valence-corrected chi connectivity index (χ4v) is 2.64. The highest BCUT2D eigenvalue weighted by Crippen LogP contribution is 2.21. The minimum absolute atomic E-state index is 0.0278. The van der Waals surface area contributed by atoms with Gasteiger partial charge in [0.05, 0.1) is 18.6 Å². The predicted molar refractivity (Wildman–Crippen MR) is 77.2 cm³/mol. The van der Waals surface area contributed by atoms with E-state index >= 15 is 0 Å². The molecule has 0 spiro atoms. The van der Waals surface area contributed by atoms with E-state index in [0.717, 1.165) is 31.5 Å². The van der Waals surface area contributed by atoms with Crippen molar-refractivity contribution in [3.8, 4) is 0 Å². The summed E-state index contributed by atoms with van der Waals surface area (Å²) in [5.41, 5.74) is 0.944. The van der Waals surface area contributed by atoms with Gasteiger partial charge in [0.1, 0.15) is 0 Å². The first-order chi connectivity index (χ1) is 9.70. The van der Waals surface area contributed by atoms with Gasteiger partial charge < -0.3 is 14.7 Å². The predicted octanol–water partition coefficient (Wildman–Crippen LogP) is 2.00. The number of esters is 1. The van der Waals surface area contributed by atoms with Crippen molar-refractivity contribution in [2.75, 3.05) is 26.2 Å². The van der Waals surface area contributed by atoms with Gasteiger partial charge in [0.25, 0.3) is 0 Å². The summed E-state index contributed by atoms with van der Waals surface area (Å²) in [5.74, 6) is -0.0455. The Morgan fingerprint density at radius 2 is 2.00 bits per heavy atom. The van der Waals surface area contributed by atoms with E-state index in [9.17, 15) is 9.90 Å². The molecule has 0 radical (unpaired) electrons. The van der Waals surface area contributed by atoms with Gasteiger partial charge in [-0.15, -0.1) is 0 Å². The molecule has 0 aliphatic carbocycles. The summed E-state index contributed by atoms with van der Waals surface area (Å²) in [7, 11) is 0. The third kappa shape index (κ3) is 4.05. The van der Waals surface area contributed by atoms with Crippen LogP contribution in [0, 0.1) is 5.92 Å². The Bertz CT molecular complexity index is 413. The highest BCUT2D eigenvalue weighted by molar-refractivity contribution is 5.72. The van der Waals surface area contributed by atoms with Crippen LogP contribution >= 0.6 is 0 Å². The zero-order valence-electron chi connectivity index (χ0n) is 12.0. The third-order valence-corrected chi connectivity index (χ3v) is 3.82. The Morgan fingerprint density at radius 1 is 1.35 bits per heavy atom. The molecule has 1 N–H and O–H groups in total. The molecule has 0 bridgehead atoms. The number of likely N-dealkylation sites (tertiary alicyclic amines) is 1. The van der Waals surface area contributed by atoms with Gasteiger partial charge in [0, 0.05) is 6.54 Å². The van der Waals surface area contributed by atoms with Crippen LogP contribution in [-0.2, 0) is 9.53 Å². The topological polar surface area (TPSA) is 49.8 Å². The van der Waals surface area contributed by atoms with Crippen molar-refractivity contribution in [1.82, 2.24) is 4.90 Å². The highest BCUT2D eigenvalue weighted by atomic mass is 16.5. The summed E-state index contributed by atoms with van der Waals surface area (Å²) in [5, 5.41) is 10.2. The second-order valence-electron chi connectivity index (χ2n) is 5.25. The number of aliphatic hydroxyl groups excluding tert-OH is 1. The molecular formula is C16H23NO3. The number of β-amino-alcohol motifs (C(OH)–C–C–N with tert-alkyl or cyclic N) is 1. The molecule has 0 aromatic heterocycles. The molecule has 1 aromatic rings. The Balaban J connectivity index is 1.78.